The molecule has 0 atom stereocenters. The zero-order chi connectivity index (χ0) is 18.2. The molecule has 6 heteroatoms. The molecule has 1 heterocycles. The molecule has 0 unspecified atom stereocenters. The number of fused-ring (bicyclic) bond motifs is 1. The summed E-state index contributed by atoms with van der Waals surface area (Å²) in [5.41, 5.74) is 8.13. The van der Waals surface area contributed by atoms with Gasteiger partial charge in [-0.15, -0.1) is 0 Å². The Morgan fingerprint density at radius 3 is 2.69 bits per heavy atom. The number of hydrogen-bond donors (Lipinski definition) is 2. The minimum absolute atomic E-state index is 0.396. The Morgan fingerprint density at radius 2 is 1.88 bits per heavy atom. The molecule has 0 amide bonds. The van der Waals surface area contributed by atoms with Crippen molar-refractivity contribution in [3.63, 3.8) is 0 Å². The van der Waals surface area contributed by atoms with Crippen LogP contribution in [0.15, 0.2) is 53.5 Å². The van der Waals surface area contributed by atoms with Gasteiger partial charge in [0.15, 0.2) is 17.5 Å². The molecular formula is C20H26N4O2. The van der Waals surface area contributed by atoms with E-state index in [4.69, 9.17) is 15.2 Å². The maximum atomic E-state index is 6.00. The van der Waals surface area contributed by atoms with E-state index in [0.29, 0.717) is 25.7 Å². The summed E-state index contributed by atoms with van der Waals surface area (Å²) in [6, 6.07) is 16.1. The van der Waals surface area contributed by atoms with Crippen LogP contribution in [0, 0.1) is 0 Å². The van der Waals surface area contributed by atoms with Gasteiger partial charge in [0.05, 0.1) is 19.8 Å². The predicted octanol–water partition coefficient (Wildman–Crippen LogP) is 2.71. The van der Waals surface area contributed by atoms with E-state index in [0.717, 1.165) is 36.7 Å². The highest BCUT2D eigenvalue weighted by molar-refractivity contribution is 5.92. The van der Waals surface area contributed by atoms with Crippen LogP contribution in [0.5, 0.6) is 11.5 Å². The van der Waals surface area contributed by atoms with Gasteiger partial charge in [0.1, 0.15) is 0 Å². The number of nitrogens with zero attached hydrogens (tertiary/aromatic N) is 2. The first kappa shape index (κ1) is 18.1. The summed E-state index contributed by atoms with van der Waals surface area (Å²) >= 11 is 0. The molecule has 2 aromatic rings. The Morgan fingerprint density at radius 1 is 1.12 bits per heavy atom. The van der Waals surface area contributed by atoms with E-state index in [-0.39, 0.29) is 0 Å². The van der Waals surface area contributed by atoms with Crippen molar-refractivity contribution in [3.8, 4) is 11.5 Å². The molecule has 1 aliphatic heterocycles. The maximum Gasteiger partial charge on any atom is 0.193 e. The van der Waals surface area contributed by atoms with Gasteiger partial charge in [0.25, 0.3) is 0 Å². The first-order valence-corrected chi connectivity index (χ1v) is 8.90. The van der Waals surface area contributed by atoms with E-state index >= 15 is 0 Å². The largest absolute Gasteiger partial charge is 0.490 e. The molecule has 6 nitrogen and oxygen atoms in total. The zero-order valence-electron chi connectivity index (χ0n) is 15.1. The first-order chi connectivity index (χ1) is 12.7. The van der Waals surface area contributed by atoms with Crippen LogP contribution in [-0.4, -0.2) is 44.2 Å². The van der Waals surface area contributed by atoms with E-state index in [1.165, 1.54) is 5.56 Å². The van der Waals surface area contributed by atoms with Gasteiger partial charge in [0.2, 0.25) is 0 Å². The predicted molar refractivity (Wildman–Crippen MR) is 105 cm³/mol. The van der Waals surface area contributed by atoms with Crippen LogP contribution < -0.4 is 20.5 Å². The SMILES string of the molecule is CN(CCN=C(N)Nc1ccc2c(c1)OCCCO2)Cc1ccccc1. The van der Waals surface area contributed by atoms with Crippen molar-refractivity contribution >= 4 is 11.6 Å². The minimum Gasteiger partial charge on any atom is -0.490 e. The summed E-state index contributed by atoms with van der Waals surface area (Å²) in [5, 5.41) is 3.11. The van der Waals surface area contributed by atoms with Crippen molar-refractivity contribution in [2.45, 2.75) is 13.0 Å². The number of anilines is 1. The normalized spacial score (nSPS) is 14.2. The van der Waals surface area contributed by atoms with Gasteiger partial charge in [-0.3, -0.25) is 4.99 Å². The average molecular weight is 354 g/mol. The van der Waals surface area contributed by atoms with Crippen LogP contribution in [0.2, 0.25) is 0 Å². The lowest BCUT2D eigenvalue weighted by Crippen LogP contribution is -2.26. The molecule has 0 radical (unpaired) electrons. The lowest BCUT2D eigenvalue weighted by molar-refractivity contribution is 0.297. The molecule has 26 heavy (non-hydrogen) atoms. The quantitative estimate of drug-likeness (QED) is 0.616. The van der Waals surface area contributed by atoms with Crippen LogP contribution in [0.1, 0.15) is 12.0 Å². The summed E-state index contributed by atoms with van der Waals surface area (Å²) in [6.45, 7) is 3.70. The Kier molecular flexibility index (Phi) is 6.33. The Balaban J connectivity index is 1.48. The second-order valence-electron chi connectivity index (χ2n) is 6.33. The third-order valence-electron chi connectivity index (χ3n) is 4.08. The Labute approximate surface area is 154 Å². The summed E-state index contributed by atoms with van der Waals surface area (Å²) < 4.78 is 11.3. The Bertz CT molecular complexity index is 734. The number of hydrogen-bond acceptors (Lipinski definition) is 4. The van der Waals surface area contributed by atoms with Crippen LogP contribution in [0.4, 0.5) is 5.69 Å². The van der Waals surface area contributed by atoms with Crippen molar-refractivity contribution in [3.05, 3.63) is 54.1 Å². The molecular weight excluding hydrogens is 328 g/mol. The number of likely N-dealkylation sites (N-methyl/N-ethyl adjacent to an activating group) is 1. The third-order valence-corrected chi connectivity index (χ3v) is 4.08. The number of guanidine groups is 1. The number of aliphatic imine (C=N–C) groups is 1. The van der Waals surface area contributed by atoms with E-state index in [1.54, 1.807) is 0 Å². The smallest absolute Gasteiger partial charge is 0.193 e. The van der Waals surface area contributed by atoms with Gasteiger partial charge in [-0.05, 0) is 24.7 Å². The topological polar surface area (TPSA) is 72.1 Å². The molecule has 3 rings (SSSR count). The molecule has 0 saturated heterocycles. The molecule has 0 spiro atoms. The van der Waals surface area contributed by atoms with Crippen molar-refractivity contribution in [1.82, 2.24) is 4.90 Å². The molecule has 0 saturated carbocycles. The highest BCUT2D eigenvalue weighted by atomic mass is 16.5. The molecule has 3 N–H and O–H groups in total. The Hall–Kier alpha value is -2.73. The molecule has 138 valence electrons. The maximum absolute atomic E-state index is 6.00. The van der Waals surface area contributed by atoms with Crippen LogP contribution >= 0.6 is 0 Å². The van der Waals surface area contributed by atoms with E-state index in [2.05, 4.69) is 46.5 Å². The van der Waals surface area contributed by atoms with Crippen LogP contribution in [-0.2, 0) is 6.54 Å². The highest BCUT2D eigenvalue weighted by Gasteiger charge is 2.10. The fourth-order valence-corrected chi connectivity index (χ4v) is 2.74. The van der Waals surface area contributed by atoms with Gasteiger partial charge in [0, 0.05) is 31.3 Å². The van der Waals surface area contributed by atoms with Gasteiger partial charge < -0.3 is 25.4 Å². The van der Waals surface area contributed by atoms with Crippen LogP contribution in [0.3, 0.4) is 0 Å². The summed E-state index contributed by atoms with van der Waals surface area (Å²) in [7, 11) is 2.08. The average Bonchev–Trinajstić information content (AvgIpc) is 2.87. The van der Waals surface area contributed by atoms with Gasteiger partial charge in [-0.25, -0.2) is 0 Å². The fraction of sp³-hybridized carbons (Fsp3) is 0.350. The lowest BCUT2D eigenvalue weighted by atomic mass is 10.2. The van der Waals surface area contributed by atoms with E-state index < -0.39 is 0 Å². The van der Waals surface area contributed by atoms with Gasteiger partial charge in [-0.2, -0.15) is 0 Å². The van der Waals surface area contributed by atoms with E-state index in [9.17, 15) is 0 Å². The molecule has 1 aliphatic rings. The second-order valence-corrected chi connectivity index (χ2v) is 6.33. The first-order valence-electron chi connectivity index (χ1n) is 8.90. The third kappa shape index (κ3) is 5.39. The number of rotatable bonds is 6. The monoisotopic (exact) mass is 354 g/mol. The summed E-state index contributed by atoms with van der Waals surface area (Å²) in [4.78, 5) is 6.62. The second kappa shape index (κ2) is 9.10. The summed E-state index contributed by atoms with van der Waals surface area (Å²) in [5.74, 6) is 1.90. The van der Waals surface area contributed by atoms with Crippen LogP contribution in [0.25, 0.3) is 0 Å². The van der Waals surface area contributed by atoms with Gasteiger partial charge >= 0.3 is 0 Å². The van der Waals surface area contributed by atoms with E-state index in [1.807, 2.05) is 24.3 Å². The number of ether oxygens (including phenoxy) is 2. The number of nitrogens with one attached hydrogen (secondary N) is 1. The molecule has 0 aliphatic carbocycles. The molecule has 2 aromatic carbocycles. The van der Waals surface area contributed by atoms with Crippen molar-refractivity contribution in [2.75, 3.05) is 38.7 Å². The number of nitrogens with two attached hydrogens (primary N) is 1. The van der Waals surface area contributed by atoms with Crippen molar-refractivity contribution in [1.29, 1.82) is 0 Å². The summed E-state index contributed by atoms with van der Waals surface area (Å²) in [6.07, 6.45) is 0.886. The fourth-order valence-electron chi connectivity index (χ4n) is 2.74. The molecule has 0 bridgehead atoms. The zero-order valence-corrected chi connectivity index (χ0v) is 15.1. The standard InChI is InChI=1S/C20H26N4O2/c1-24(15-16-6-3-2-4-7-16)11-10-22-20(21)23-17-8-9-18-19(14-17)26-13-5-12-25-18/h2-4,6-9,14H,5,10-13,15H2,1H3,(H3,21,22,23). The minimum atomic E-state index is 0.396. The molecule has 0 fully saturated rings. The lowest BCUT2D eigenvalue weighted by Gasteiger charge is -2.15. The van der Waals surface area contributed by atoms with Crippen molar-refractivity contribution < 1.29 is 9.47 Å². The van der Waals surface area contributed by atoms with Gasteiger partial charge in [-0.1, -0.05) is 30.3 Å². The van der Waals surface area contributed by atoms with Crippen molar-refractivity contribution in [2.24, 2.45) is 10.7 Å². The highest BCUT2D eigenvalue weighted by Crippen LogP contribution is 2.32. The number of benzene rings is 2. The molecule has 0 aromatic heterocycles.